The highest BCUT2D eigenvalue weighted by molar-refractivity contribution is 5.94. The number of azo groups is 1. The second-order valence-electron chi connectivity index (χ2n) is 7.71. The number of amides is 1. The number of fused-ring (bicyclic) bond motifs is 2. The highest BCUT2D eigenvalue weighted by Gasteiger charge is 2.27. The number of nitrogens with one attached hydrogen (secondary N) is 1. The maximum atomic E-state index is 10.9. The van der Waals surface area contributed by atoms with Gasteiger partial charge in [0.15, 0.2) is 17.3 Å². The number of furan rings is 1. The number of ether oxygens (including phenoxy) is 1. The van der Waals surface area contributed by atoms with E-state index in [1.54, 1.807) is 37.6 Å². The van der Waals surface area contributed by atoms with Crippen LogP contribution in [0, 0.1) is 0 Å². The lowest BCUT2D eigenvalue weighted by molar-refractivity contribution is 0.189. The van der Waals surface area contributed by atoms with E-state index in [4.69, 9.17) is 14.3 Å². The molecule has 1 aromatic carbocycles. The molecule has 164 valence electrons. The Hall–Kier alpha value is -3.92. The van der Waals surface area contributed by atoms with Gasteiger partial charge in [0.05, 0.1) is 18.1 Å². The monoisotopic (exact) mass is 435 g/mol. The molecule has 2 aliphatic heterocycles. The van der Waals surface area contributed by atoms with E-state index in [0.29, 0.717) is 41.3 Å². The number of nitrogens with zero attached hydrogens (tertiary/aromatic N) is 4. The van der Waals surface area contributed by atoms with Gasteiger partial charge in [-0.2, -0.15) is 0 Å². The highest BCUT2D eigenvalue weighted by atomic mass is 16.5. The summed E-state index contributed by atoms with van der Waals surface area (Å²) in [4.78, 5) is 17.2. The Morgan fingerprint density at radius 3 is 3.06 bits per heavy atom. The van der Waals surface area contributed by atoms with Crippen molar-refractivity contribution >= 4 is 34.7 Å². The summed E-state index contributed by atoms with van der Waals surface area (Å²) in [5.74, 6) is 1.44. The Morgan fingerprint density at radius 1 is 1.38 bits per heavy atom. The smallest absolute Gasteiger partial charge is 0.404 e. The number of pyridine rings is 1. The molecule has 2 aromatic heterocycles. The standard InChI is InChI=1S/C22H21N5O5/c1-31-17-5-4-14-19(28)18(9-16-13-3-2-7-23-21(13)26-25-16)32-20(14)15(17)11-27-8-6-12(10-27)24-22(29)30/h2-5,7,9,12,24,28H,6,8,10-11H2,1H3,(H,29,30)/t12-/m0/s1. The van der Waals surface area contributed by atoms with E-state index in [2.05, 4.69) is 25.4 Å². The van der Waals surface area contributed by atoms with Crippen LogP contribution in [0.15, 0.2) is 45.1 Å². The van der Waals surface area contributed by atoms with Crippen LogP contribution < -0.4 is 10.1 Å². The molecule has 0 aliphatic carbocycles. The van der Waals surface area contributed by atoms with E-state index in [9.17, 15) is 9.90 Å². The minimum atomic E-state index is -1.02. The molecule has 0 radical (unpaired) electrons. The summed E-state index contributed by atoms with van der Waals surface area (Å²) in [5.41, 5.74) is 2.62. The molecule has 10 heteroatoms. The molecule has 2 aliphatic rings. The number of likely N-dealkylation sites (tertiary alicyclic amines) is 1. The molecule has 5 rings (SSSR count). The summed E-state index contributed by atoms with van der Waals surface area (Å²) in [7, 11) is 1.58. The van der Waals surface area contributed by atoms with Crippen molar-refractivity contribution in [3.05, 3.63) is 47.3 Å². The molecule has 3 N–H and O–H groups in total. The topological polar surface area (TPSA) is 133 Å². The fourth-order valence-electron chi connectivity index (χ4n) is 4.20. The van der Waals surface area contributed by atoms with Crippen molar-refractivity contribution < 1.29 is 24.2 Å². The minimum absolute atomic E-state index is 0.00999. The van der Waals surface area contributed by atoms with E-state index in [0.717, 1.165) is 24.1 Å². The number of rotatable bonds is 5. The number of carbonyl (C=O) groups is 1. The zero-order valence-electron chi connectivity index (χ0n) is 17.3. The van der Waals surface area contributed by atoms with Gasteiger partial charge in [-0.15, -0.1) is 10.2 Å². The Labute approximate surface area is 182 Å². The highest BCUT2D eigenvalue weighted by Crippen LogP contribution is 2.41. The Kier molecular flexibility index (Phi) is 4.98. The molecule has 3 aromatic rings. The predicted octanol–water partition coefficient (Wildman–Crippen LogP) is 3.98. The van der Waals surface area contributed by atoms with Crippen LogP contribution in [0.25, 0.3) is 22.7 Å². The summed E-state index contributed by atoms with van der Waals surface area (Å²) >= 11 is 0. The number of carboxylic acid groups (broad SMARTS) is 1. The maximum Gasteiger partial charge on any atom is 0.404 e. The maximum absolute atomic E-state index is 10.9. The molecule has 0 saturated carbocycles. The van der Waals surface area contributed by atoms with Crippen LogP contribution in [0.5, 0.6) is 11.5 Å². The lowest BCUT2D eigenvalue weighted by Crippen LogP contribution is -2.35. The van der Waals surface area contributed by atoms with Crippen molar-refractivity contribution in [1.29, 1.82) is 0 Å². The quantitative estimate of drug-likeness (QED) is 0.552. The van der Waals surface area contributed by atoms with E-state index in [1.807, 2.05) is 6.07 Å². The van der Waals surface area contributed by atoms with Gasteiger partial charge in [0.1, 0.15) is 17.0 Å². The molecule has 1 saturated heterocycles. The summed E-state index contributed by atoms with van der Waals surface area (Å²) < 4.78 is 11.6. The molecule has 1 amide bonds. The largest absolute Gasteiger partial charge is 0.504 e. The van der Waals surface area contributed by atoms with Gasteiger partial charge < -0.3 is 24.7 Å². The van der Waals surface area contributed by atoms with E-state index >= 15 is 0 Å². The van der Waals surface area contributed by atoms with E-state index in [-0.39, 0.29) is 17.6 Å². The van der Waals surface area contributed by atoms with Crippen molar-refractivity contribution in [2.24, 2.45) is 10.2 Å². The first-order chi connectivity index (χ1) is 15.5. The molecule has 4 heterocycles. The first-order valence-electron chi connectivity index (χ1n) is 10.2. The lowest BCUT2D eigenvalue weighted by atomic mass is 10.1. The third kappa shape index (κ3) is 3.54. The Bertz CT molecular complexity index is 1270. The van der Waals surface area contributed by atoms with Gasteiger partial charge in [-0.05, 0) is 30.7 Å². The van der Waals surface area contributed by atoms with Gasteiger partial charge in [0, 0.05) is 43.5 Å². The fourth-order valence-corrected chi connectivity index (χ4v) is 4.20. The summed E-state index contributed by atoms with van der Waals surface area (Å²) in [6.45, 7) is 1.81. The van der Waals surface area contributed by atoms with Gasteiger partial charge in [0.25, 0.3) is 0 Å². The zero-order valence-corrected chi connectivity index (χ0v) is 17.3. The predicted molar refractivity (Wildman–Crippen MR) is 116 cm³/mol. The number of hydrogen-bond acceptors (Lipinski definition) is 8. The lowest BCUT2D eigenvalue weighted by Gasteiger charge is -2.18. The van der Waals surface area contributed by atoms with Crippen LogP contribution in [-0.2, 0) is 6.54 Å². The van der Waals surface area contributed by atoms with Gasteiger partial charge in [-0.3, -0.25) is 4.90 Å². The van der Waals surface area contributed by atoms with Gasteiger partial charge in [-0.25, -0.2) is 9.78 Å². The normalized spacial score (nSPS) is 19.0. The first kappa shape index (κ1) is 20.0. The van der Waals surface area contributed by atoms with Crippen molar-refractivity contribution in [2.45, 2.75) is 19.0 Å². The number of hydrogen-bond donors (Lipinski definition) is 3. The molecule has 32 heavy (non-hydrogen) atoms. The second-order valence-corrected chi connectivity index (χ2v) is 7.71. The summed E-state index contributed by atoms with van der Waals surface area (Å²) in [5, 5.41) is 31.1. The van der Waals surface area contributed by atoms with Crippen LogP contribution >= 0.6 is 0 Å². The van der Waals surface area contributed by atoms with Crippen molar-refractivity contribution in [2.75, 3.05) is 20.2 Å². The van der Waals surface area contributed by atoms with E-state index in [1.165, 1.54) is 0 Å². The third-order valence-corrected chi connectivity index (χ3v) is 5.70. The second kappa shape index (κ2) is 7.97. The molecule has 0 spiro atoms. The van der Waals surface area contributed by atoms with Crippen molar-refractivity contribution in [3.63, 3.8) is 0 Å². The molecular weight excluding hydrogens is 414 g/mol. The number of benzene rings is 1. The number of methoxy groups -OCH3 is 1. The first-order valence-corrected chi connectivity index (χ1v) is 10.2. The van der Waals surface area contributed by atoms with Crippen LogP contribution in [-0.4, -0.2) is 52.4 Å². The SMILES string of the molecule is COc1ccc2c(O)c(C=C3N=Nc4ncccc43)oc2c1CN1CC[C@H](NC(=O)O)C1. The minimum Gasteiger partial charge on any atom is -0.504 e. The van der Waals surface area contributed by atoms with E-state index < -0.39 is 6.09 Å². The molecule has 0 unspecified atom stereocenters. The number of aromatic nitrogens is 1. The molecule has 1 atom stereocenters. The Balaban J connectivity index is 1.50. The number of aromatic hydroxyl groups is 1. The average molecular weight is 435 g/mol. The molecular formula is C22H21N5O5. The van der Waals surface area contributed by atoms with Crippen molar-refractivity contribution in [1.82, 2.24) is 15.2 Å². The van der Waals surface area contributed by atoms with Gasteiger partial charge in [-0.1, -0.05) is 0 Å². The van der Waals surface area contributed by atoms with Crippen molar-refractivity contribution in [3.8, 4) is 11.5 Å². The third-order valence-electron chi connectivity index (χ3n) is 5.70. The molecule has 0 bridgehead atoms. The fraction of sp³-hybridized carbons (Fsp3) is 0.273. The van der Waals surface area contributed by atoms with Crippen LogP contribution in [0.1, 0.15) is 23.3 Å². The average Bonchev–Trinajstić information content (AvgIpc) is 3.47. The van der Waals surface area contributed by atoms with Gasteiger partial charge >= 0.3 is 6.09 Å². The summed E-state index contributed by atoms with van der Waals surface area (Å²) in [6.07, 6.45) is 2.99. The van der Waals surface area contributed by atoms with Crippen LogP contribution in [0.3, 0.4) is 0 Å². The summed E-state index contributed by atoms with van der Waals surface area (Å²) in [6, 6.07) is 7.08. The van der Waals surface area contributed by atoms with Crippen LogP contribution in [0.4, 0.5) is 10.6 Å². The van der Waals surface area contributed by atoms with Gasteiger partial charge in [0.2, 0.25) is 0 Å². The molecule has 1 fully saturated rings. The molecule has 10 nitrogen and oxygen atoms in total. The van der Waals surface area contributed by atoms with Crippen LogP contribution in [0.2, 0.25) is 0 Å². The zero-order chi connectivity index (χ0) is 22.2. The Morgan fingerprint density at radius 2 is 2.25 bits per heavy atom.